The Kier molecular flexibility index (Phi) is 4.47. The SMILES string of the molecule is Cc1cc(C#N)cc2c1cc(Cc1c(Cl)ccc(C(=O)O)c1Cl)n2C. The number of aromatic nitrogens is 1. The second-order valence-corrected chi connectivity index (χ2v) is 6.69. The summed E-state index contributed by atoms with van der Waals surface area (Å²) < 4.78 is 1.98. The highest BCUT2D eigenvalue weighted by Crippen LogP contribution is 2.32. The van der Waals surface area contributed by atoms with Gasteiger partial charge in [-0.1, -0.05) is 23.2 Å². The number of carboxylic acids is 1. The molecular formula is C19H14Cl2N2O2. The van der Waals surface area contributed by atoms with Crippen LogP contribution in [-0.2, 0) is 13.5 Å². The average Bonchev–Trinajstić information content (AvgIpc) is 2.88. The van der Waals surface area contributed by atoms with Crippen LogP contribution in [-0.4, -0.2) is 15.6 Å². The van der Waals surface area contributed by atoms with Crippen LogP contribution < -0.4 is 0 Å². The lowest BCUT2D eigenvalue weighted by molar-refractivity contribution is 0.0697. The van der Waals surface area contributed by atoms with Crippen LogP contribution in [0.25, 0.3) is 10.9 Å². The molecule has 1 heterocycles. The molecule has 0 bridgehead atoms. The van der Waals surface area contributed by atoms with Crippen LogP contribution in [0.5, 0.6) is 0 Å². The van der Waals surface area contributed by atoms with E-state index in [2.05, 4.69) is 6.07 Å². The molecule has 0 atom stereocenters. The van der Waals surface area contributed by atoms with Crippen molar-refractivity contribution in [1.82, 2.24) is 4.57 Å². The highest BCUT2D eigenvalue weighted by Gasteiger charge is 2.18. The first kappa shape index (κ1) is 17.3. The predicted octanol–water partition coefficient (Wildman–Crippen LogP) is 4.95. The van der Waals surface area contributed by atoms with Gasteiger partial charge in [-0.05, 0) is 48.4 Å². The summed E-state index contributed by atoms with van der Waals surface area (Å²) in [6.45, 7) is 1.96. The number of fused-ring (bicyclic) bond motifs is 1. The van der Waals surface area contributed by atoms with Crippen molar-refractivity contribution in [2.45, 2.75) is 13.3 Å². The van der Waals surface area contributed by atoms with Crippen LogP contribution in [0.2, 0.25) is 10.0 Å². The number of nitriles is 1. The average molecular weight is 373 g/mol. The van der Waals surface area contributed by atoms with Gasteiger partial charge < -0.3 is 9.67 Å². The zero-order chi connectivity index (χ0) is 18.3. The van der Waals surface area contributed by atoms with Gasteiger partial charge in [0.15, 0.2) is 0 Å². The van der Waals surface area contributed by atoms with E-state index in [1.165, 1.54) is 6.07 Å². The molecule has 0 aliphatic heterocycles. The van der Waals surface area contributed by atoms with Crippen molar-refractivity contribution in [3.8, 4) is 6.07 Å². The maximum absolute atomic E-state index is 11.3. The maximum Gasteiger partial charge on any atom is 0.337 e. The van der Waals surface area contributed by atoms with Gasteiger partial charge in [0.2, 0.25) is 0 Å². The minimum atomic E-state index is -1.09. The number of aromatic carboxylic acids is 1. The molecule has 0 radical (unpaired) electrons. The Morgan fingerprint density at radius 2 is 2.00 bits per heavy atom. The zero-order valence-corrected chi connectivity index (χ0v) is 15.1. The fraction of sp³-hybridized carbons (Fsp3) is 0.158. The lowest BCUT2D eigenvalue weighted by Crippen LogP contribution is -2.03. The molecule has 0 amide bonds. The number of nitrogens with zero attached hydrogens (tertiary/aromatic N) is 2. The van der Waals surface area contributed by atoms with Gasteiger partial charge in [0.25, 0.3) is 0 Å². The summed E-state index contributed by atoms with van der Waals surface area (Å²) in [5.41, 5.74) is 4.08. The van der Waals surface area contributed by atoms with Crippen molar-refractivity contribution in [1.29, 1.82) is 5.26 Å². The number of hydrogen-bond donors (Lipinski definition) is 1. The summed E-state index contributed by atoms with van der Waals surface area (Å²) in [6.07, 6.45) is 0.394. The standard InChI is InChI=1S/C19H14Cl2N2O2/c1-10-5-11(9-22)6-17-14(10)7-12(23(17)2)8-15-16(20)4-3-13(18(15)21)19(24)25/h3-7H,8H2,1-2H3,(H,24,25). The van der Waals surface area contributed by atoms with E-state index >= 15 is 0 Å². The molecule has 3 aromatic rings. The summed E-state index contributed by atoms with van der Waals surface area (Å²) in [6, 6.07) is 10.8. The minimum absolute atomic E-state index is 0.0304. The third-order valence-electron chi connectivity index (χ3n) is 4.37. The molecule has 0 aliphatic carbocycles. The summed E-state index contributed by atoms with van der Waals surface area (Å²) in [5, 5.41) is 20.0. The van der Waals surface area contributed by atoms with Crippen LogP contribution in [0, 0.1) is 18.3 Å². The second kappa shape index (κ2) is 6.44. The molecule has 126 valence electrons. The lowest BCUT2D eigenvalue weighted by Gasteiger charge is -2.10. The number of halogens is 2. The number of carbonyl (C=O) groups is 1. The van der Waals surface area contributed by atoms with Gasteiger partial charge in [-0.2, -0.15) is 5.26 Å². The predicted molar refractivity (Wildman–Crippen MR) is 98.6 cm³/mol. The van der Waals surface area contributed by atoms with E-state index in [4.69, 9.17) is 28.5 Å². The Morgan fingerprint density at radius 3 is 2.64 bits per heavy atom. The van der Waals surface area contributed by atoms with E-state index in [0.29, 0.717) is 22.6 Å². The van der Waals surface area contributed by atoms with Crippen molar-refractivity contribution in [2.24, 2.45) is 7.05 Å². The van der Waals surface area contributed by atoms with Gasteiger partial charge >= 0.3 is 5.97 Å². The summed E-state index contributed by atoms with van der Waals surface area (Å²) in [7, 11) is 1.90. The minimum Gasteiger partial charge on any atom is -0.478 e. The first-order valence-electron chi connectivity index (χ1n) is 7.52. The Labute approximate surface area is 154 Å². The number of hydrogen-bond acceptors (Lipinski definition) is 2. The van der Waals surface area contributed by atoms with Gasteiger partial charge in [-0.25, -0.2) is 4.79 Å². The molecule has 1 aromatic heterocycles. The molecule has 0 unspecified atom stereocenters. The Bertz CT molecular complexity index is 1060. The lowest BCUT2D eigenvalue weighted by atomic mass is 10.0. The summed E-state index contributed by atoms with van der Waals surface area (Å²) in [5.74, 6) is -1.09. The maximum atomic E-state index is 11.3. The molecule has 0 spiro atoms. The van der Waals surface area contributed by atoms with E-state index in [9.17, 15) is 9.90 Å². The molecule has 6 heteroatoms. The second-order valence-electron chi connectivity index (χ2n) is 5.90. The van der Waals surface area contributed by atoms with Crippen molar-refractivity contribution < 1.29 is 9.90 Å². The highest BCUT2D eigenvalue weighted by atomic mass is 35.5. The van der Waals surface area contributed by atoms with Crippen LogP contribution in [0.15, 0.2) is 30.3 Å². The van der Waals surface area contributed by atoms with Crippen LogP contribution >= 0.6 is 23.2 Å². The van der Waals surface area contributed by atoms with Crippen molar-refractivity contribution in [2.75, 3.05) is 0 Å². The van der Waals surface area contributed by atoms with E-state index in [1.807, 2.05) is 36.7 Å². The van der Waals surface area contributed by atoms with Crippen LogP contribution in [0.4, 0.5) is 0 Å². The van der Waals surface area contributed by atoms with Crippen molar-refractivity contribution in [3.63, 3.8) is 0 Å². The first-order valence-corrected chi connectivity index (χ1v) is 8.28. The third kappa shape index (κ3) is 2.97. The number of carboxylic acid groups (broad SMARTS) is 1. The molecule has 25 heavy (non-hydrogen) atoms. The summed E-state index contributed by atoms with van der Waals surface area (Å²) in [4.78, 5) is 11.3. The molecule has 0 fully saturated rings. The van der Waals surface area contributed by atoms with Gasteiger partial charge in [0, 0.05) is 35.1 Å². The number of benzene rings is 2. The molecule has 3 rings (SSSR count). The third-order valence-corrected chi connectivity index (χ3v) is 5.16. The molecule has 0 saturated carbocycles. The number of aryl methyl sites for hydroxylation is 2. The molecular weight excluding hydrogens is 359 g/mol. The quantitative estimate of drug-likeness (QED) is 0.706. The van der Waals surface area contributed by atoms with Crippen LogP contribution in [0.1, 0.15) is 32.7 Å². The smallest absolute Gasteiger partial charge is 0.337 e. The molecule has 2 aromatic carbocycles. The Balaban J connectivity index is 2.15. The zero-order valence-electron chi connectivity index (χ0n) is 13.6. The molecule has 1 N–H and O–H groups in total. The van der Waals surface area contributed by atoms with E-state index < -0.39 is 5.97 Å². The highest BCUT2D eigenvalue weighted by molar-refractivity contribution is 6.38. The van der Waals surface area contributed by atoms with Gasteiger partial charge in [0.05, 0.1) is 22.2 Å². The fourth-order valence-corrected chi connectivity index (χ4v) is 3.59. The number of rotatable bonds is 3. The van der Waals surface area contributed by atoms with Gasteiger partial charge in [0.1, 0.15) is 0 Å². The fourth-order valence-electron chi connectivity index (χ4n) is 3.00. The van der Waals surface area contributed by atoms with E-state index in [-0.39, 0.29) is 10.6 Å². The Morgan fingerprint density at radius 1 is 1.28 bits per heavy atom. The Hall–Kier alpha value is -2.48. The van der Waals surface area contributed by atoms with E-state index in [0.717, 1.165) is 22.2 Å². The normalized spacial score (nSPS) is 10.8. The topological polar surface area (TPSA) is 66.0 Å². The summed E-state index contributed by atoms with van der Waals surface area (Å²) >= 11 is 12.5. The molecule has 0 saturated heterocycles. The van der Waals surface area contributed by atoms with Gasteiger partial charge in [-0.15, -0.1) is 0 Å². The monoisotopic (exact) mass is 372 g/mol. The van der Waals surface area contributed by atoms with Crippen LogP contribution in [0.3, 0.4) is 0 Å². The molecule has 0 aliphatic rings. The molecule has 4 nitrogen and oxygen atoms in total. The first-order chi connectivity index (χ1) is 11.8. The van der Waals surface area contributed by atoms with Crippen molar-refractivity contribution >= 4 is 40.1 Å². The van der Waals surface area contributed by atoms with Gasteiger partial charge in [-0.3, -0.25) is 0 Å². The largest absolute Gasteiger partial charge is 0.478 e. The van der Waals surface area contributed by atoms with E-state index in [1.54, 1.807) is 6.07 Å². The van der Waals surface area contributed by atoms with Crippen molar-refractivity contribution in [3.05, 3.63) is 68.3 Å².